The van der Waals surface area contributed by atoms with E-state index in [1.54, 1.807) is 10.7 Å². The average Bonchev–Trinajstić information content (AvgIpc) is 3.03. The Labute approximate surface area is 137 Å². The summed E-state index contributed by atoms with van der Waals surface area (Å²) in [4.78, 5) is 44.2. The van der Waals surface area contributed by atoms with Crippen LogP contribution in [0.4, 0.5) is 5.82 Å². The van der Waals surface area contributed by atoms with Gasteiger partial charge >= 0.3 is 0 Å². The maximum absolute atomic E-state index is 12.0. The lowest BCUT2D eigenvalue weighted by molar-refractivity contribution is -0.141. The highest BCUT2D eigenvalue weighted by Crippen LogP contribution is 2.14. The number of anilines is 1. The Kier molecular flexibility index (Phi) is 4.07. The number of imide groups is 1. The van der Waals surface area contributed by atoms with Gasteiger partial charge in [0.1, 0.15) is 18.7 Å². The molecule has 0 radical (unpaired) electrons. The molecule has 0 atom stereocenters. The first-order chi connectivity index (χ1) is 11.4. The molecular formula is C15H16N6O3. The number of aromatic nitrogens is 4. The largest absolute Gasteiger partial charge is 0.309 e. The number of hydrogen-bond donors (Lipinski definition) is 1. The Balaban J connectivity index is 1.73. The highest BCUT2D eigenvalue weighted by Gasteiger charge is 2.30. The first-order valence-corrected chi connectivity index (χ1v) is 7.43. The second-order valence-corrected chi connectivity index (χ2v) is 5.52. The highest BCUT2D eigenvalue weighted by atomic mass is 16.2. The van der Waals surface area contributed by atoms with Crippen molar-refractivity contribution in [2.75, 3.05) is 11.9 Å². The van der Waals surface area contributed by atoms with E-state index >= 15 is 0 Å². The zero-order valence-electron chi connectivity index (χ0n) is 13.3. The average molecular weight is 328 g/mol. The molecule has 3 heterocycles. The number of hydrogen-bond acceptors (Lipinski definition) is 6. The van der Waals surface area contributed by atoms with Gasteiger partial charge in [0.05, 0.1) is 5.69 Å². The van der Waals surface area contributed by atoms with E-state index in [-0.39, 0.29) is 37.0 Å². The van der Waals surface area contributed by atoms with Gasteiger partial charge in [-0.3, -0.25) is 19.3 Å². The van der Waals surface area contributed by atoms with Crippen LogP contribution in [0.5, 0.6) is 0 Å². The van der Waals surface area contributed by atoms with Gasteiger partial charge in [-0.05, 0) is 19.9 Å². The highest BCUT2D eigenvalue weighted by molar-refractivity contribution is 6.06. The minimum absolute atomic E-state index is 0.154. The van der Waals surface area contributed by atoms with E-state index in [4.69, 9.17) is 0 Å². The monoisotopic (exact) mass is 328 g/mol. The summed E-state index contributed by atoms with van der Waals surface area (Å²) in [6.45, 7) is 3.46. The van der Waals surface area contributed by atoms with Gasteiger partial charge < -0.3 is 5.32 Å². The predicted octanol–water partition coefficient (Wildman–Crippen LogP) is 0.367. The third-order valence-corrected chi connectivity index (χ3v) is 3.60. The number of carbonyl (C=O) groups excluding carboxylic acids is 3. The maximum Gasteiger partial charge on any atom is 0.245 e. The van der Waals surface area contributed by atoms with Crippen molar-refractivity contribution < 1.29 is 14.4 Å². The number of rotatable bonds is 4. The van der Waals surface area contributed by atoms with Crippen LogP contribution in [0, 0.1) is 13.8 Å². The SMILES string of the molecule is Cc1cc(C)n(-c2cc(NC(=O)CN3C(=O)CCC3=O)ncn2)n1. The van der Waals surface area contributed by atoms with Gasteiger partial charge in [0.15, 0.2) is 5.82 Å². The molecule has 0 aliphatic carbocycles. The van der Waals surface area contributed by atoms with Gasteiger partial charge in [-0.25, -0.2) is 14.6 Å². The fraction of sp³-hybridized carbons (Fsp3) is 0.333. The molecule has 1 saturated heterocycles. The molecule has 3 rings (SSSR count). The van der Waals surface area contributed by atoms with E-state index < -0.39 is 5.91 Å². The molecular weight excluding hydrogens is 312 g/mol. The van der Waals surface area contributed by atoms with Crippen molar-refractivity contribution in [2.45, 2.75) is 26.7 Å². The van der Waals surface area contributed by atoms with Crippen LogP contribution < -0.4 is 5.32 Å². The quantitative estimate of drug-likeness (QED) is 0.812. The van der Waals surface area contributed by atoms with Crippen LogP contribution in [-0.2, 0) is 14.4 Å². The predicted molar refractivity (Wildman–Crippen MR) is 83.2 cm³/mol. The standard InChI is InChI=1S/C15H16N6O3/c1-9-5-10(2)21(19-9)12-6-11(16-8-17-12)18-13(22)7-20-14(23)3-4-15(20)24/h5-6,8H,3-4,7H2,1-2H3,(H,16,17,18,22). The lowest BCUT2D eigenvalue weighted by Crippen LogP contribution is -2.37. The molecule has 9 heteroatoms. The van der Waals surface area contributed by atoms with E-state index in [0.29, 0.717) is 5.82 Å². The molecule has 1 fully saturated rings. The number of aryl methyl sites for hydroxylation is 2. The lowest BCUT2D eigenvalue weighted by Gasteiger charge is -2.13. The summed E-state index contributed by atoms with van der Waals surface area (Å²) in [7, 11) is 0. The summed E-state index contributed by atoms with van der Waals surface area (Å²) in [6, 6.07) is 3.48. The molecule has 1 aliphatic heterocycles. The van der Waals surface area contributed by atoms with E-state index in [0.717, 1.165) is 16.3 Å². The molecule has 0 saturated carbocycles. The molecule has 2 aromatic heterocycles. The van der Waals surface area contributed by atoms with Crippen molar-refractivity contribution in [2.24, 2.45) is 0 Å². The maximum atomic E-state index is 12.0. The van der Waals surface area contributed by atoms with Crippen LogP contribution in [-0.4, -0.2) is 48.9 Å². The van der Waals surface area contributed by atoms with Crippen molar-refractivity contribution >= 4 is 23.5 Å². The molecule has 1 aliphatic rings. The van der Waals surface area contributed by atoms with E-state index in [1.807, 2.05) is 19.9 Å². The third kappa shape index (κ3) is 3.14. The minimum atomic E-state index is -0.489. The van der Waals surface area contributed by atoms with Crippen LogP contribution in [0.1, 0.15) is 24.2 Å². The van der Waals surface area contributed by atoms with Crippen molar-refractivity contribution in [3.63, 3.8) is 0 Å². The van der Waals surface area contributed by atoms with Crippen molar-refractivity contribution in [1.29, 1.82) is 0 Å². The van der Waals surface area contributed by atoms with Crippen molar-refractivity contribution in [3.8, 4) is 5.82 Å². The first-order valence-electron chi connectivity index (χ1n) is 7.43. The van der Waals surface area contributed by atoms with Crippen LogP contribution >= 0.6 is 0 Å². The number of amides is 3. The summed E-state index contributed by atoms with van der Waals surface area (Å²) in [5.41, 5.74) is 1.75. The van der Waals surface area contributed by atoms with Crippen LogP contribution in [0.15, 0.2) is 18.5 Å². The number of carbonyl (C=O) groups is 3. The minimum Gasteiger partial charge on any atom is -0.309 e. The third-order valence-electron chi connectivity index (χ3n) is 3.60. The number of likely N-dealkylation sites (tertiary alicyclic amines) is 1. The molecule has 2 aromatic rings. The molecule has 0 bridgehead atoms. The van der Waals surface area contributed by atoms with Crippen molar-refractivity contribution in [1.82, 2.24) is 24.6 Å². The molecule has 124 valence electrons. The summed E-state index contributed by atoms with van der Waals surface area (Å²) in [5.74, 6) is -0.366. The fourth-order valence-corrected chi connectivity index (χ4v) is 2.52. The Morgan fingerprint density at radius 3 is 2.50 bits per heavy atom. The Bertz CT molecular complexity index is 812. The second-order valence-electron chi connectivity index (χ2n) is 5.52. The molecule has 1 N–H and O–H groups in total. The van der Waals surface area contributed by atoms with Gasteiger partial charge in [0.2, 0.25) is 17.7 Å². The Morgan fingerprint density at radius 1 is 1.17 bits per heavy atom. The van der Waals surface area contributed by atoms with Gasteiger partial charge in [0.25, 0.3) is 0 Å². The first kappa shape index (κ1) is 15.8. The Hall–Kier alpha value is -3.10. The second kappa shape index (κ2) is 6.19. The summed E-state index contributed by atoms with van der Waals surface area (Å²) >= 11 is 0. The fourth-order valence-electron chi connectivity index (χ4n) is 2.52. The van der Waals surface area contributed by atoms with Gasteiger partial charge in [-0.15, -0.1) is 0 Å². The smallest absolute Gasteiger partial charge is 0.245 e. The number of nitrogens with one attached hydrogen (secondary N) is 1. The van der Waals surface area contributed by atoms with Crippen LogP contribution in [0.3, 0.4) is 0 Å². The Morgan fingerprint density at radius 2 is 1.88 bits per heavy atom. The zero-order chi connectivity index (χ0) is 17.3. The molecule has 0 spiro atoms. The lowest BCUT2D eigenvalue weighted by atomic mass is 10.4. The normalized spacial score (nSPS) is 14.3. The van der Waals surface area contributed by atoms with Gasteiger partial charge in [0, 0.05) is 24.6 Å². The summed E-state index contributed by atoms with van der Waals surface area (Å²) in [6.07, 6.45) is 1.62. The van der Waals surface area contributed by atoms with Crippen LogP contribution in [0.2, 0.25) is 0 Å². The number of nitrogens with zero attached hydrogens (tertiary/aromatic N) is 5. The molecule has 3 amide bonds. The van der Waals surface area contributed by atoms with Gasteiger partial charge in [-0.1, -0.05) is 0 Å². The molecule has 9 nitrogen and oxygen atoms in total. The molecule has 0 aromatic carbocycles. The molecule has 24 heavy (non-hydrogen) atoms. The summed E-state index contributed by atoms with van der Waals surface area (Å²) < 4.78 is 1.64. The van der Waals surface area contributed by atoms with E-state index in [9.17, 15) is 14.4 Å². The van der Waals surface area contributed by atoms with Crippen LogP contribution in [0.25, 0.3) is 5.82 Å². The topological polar surface area (TPSA) is 110 Å². The van der Waals surface area contributed by atoms with E-state index in [1.165, 1.54) is 6.33 Å². The van der Waals surface area contributed by atoms with Gasteiger partial charge in [-0.2, -0.15) is 5.10 Å². The molecule has 0 unspecified atom stereocenters. The zero-order valence-corrected chi connectivity index (χ0v) is 13.3. The summed E-state index contributed by atoms with van der Waals surface area (Å²) in [5, 5.41) is 6.89. The van der Waals surface area contributed by atoms with E-state index in [2.05, 4.69) is 20.4 Å². The van der Waals surface area contributed by atoms with Crippen molar-refractivity contribution in [3.05, 3.63) is 29.8 Å².